The quantitative estimate of drug-likeness (QED) is 0.820. The third-order valence-corrected chi connectivity index (χ3v) is 1.93. The van der Waals surface area contributed by atoms with Crippen LogP contribution in [0.25, 0.3) is 0 Å². The first kappa shape index (κ1) is 13.4. The van der Waals surface area contributed by atoms with Crippen molar-refractivity contribution in [2.24, 2.45) is 0 Å². The summed E-state index contributed by atoms with van der Waals surface area (Å²) in [6, 6.07) is 3.18. The molecule has 1 amide bonds. The van der Waals surface area contributed by atoms with Crippen molar-refractivity contribution in [3.8, 4) is 0 Å². The summed E-state index contributed by atoms with van der Waals surface area (Å²) in [4.78, 5) is 10.9. The molecular formula is C11H13F2NO3. The summed E-state index contributed by atoms with van der Waals surface area (Å²) in [7, 11) is 0. The molecule has 0 spiro atoms. The molecule has 0 heterocycles. The molecule has 0 fully saturated rings. The van der Waals surface area contributed by atoms with Crippen molar-refractivity contribution in [2.75, 3.05) is 19.8 Å². The first-order valence-corrected chi connectivity index (χ1v) is 5.08. The molecule has 0 aliphatic heterocycles. The van der Waals surface area contributed by atoms with Crippen molar-refractivity contribution < 1.29 is 23.4 Å². The highest BCUT2D eigenvalue weighted by Gasteiger charge is 2.03. The van der Waals surface area contributed by atoms with E-state index < -0.39 is 17.7 Å². The highest BCUT2D eigenvalue weighted by atomic mass is 19.1. The predicted molar refractivity (Wildman–Crippen MR) is 56.5 cm³/mol. The summed E-state index contributed by atoms with van der Waals surface area (Å²) in [5.74, 6) is -1.30. The molecule has 0 aromatic heterocycles. The monoisotopic (exact) mass is 245 g/mol. The SMILES string of the molecule is O=C(NCCc1cc(F)cc(F)c1)OCCO. The molecule has 94 valence electrons. The largest absolute Gasteiger partial charge is 0.447 e. The van der Waals surface area contributed by atoms with Crippen molar-refractivity contribution in [1.82, 2.24) is 5.32 Å². The van der Waals surface area contributed by atoms with Crippen LogP contribution in [0, 0.1) is 11.6 Å². The van der Waals surface area contributed by atoms with Gasteiger partial charge in [0.2, 0.25) is 0 Å². The molecule has 0 aliphatic rings. The Hall–Kier alpha value is -1.69. The summed E-state index contributed by atoms with van der Waals surface area (Å²) in [5, 5.41) is 10.8. The fraction of sp³-hybridized carbons (Fsp3) is 0.364. The van der Waals surface area contributed by atoms with Gasteiger partial charge in [-0.15, -0.1) is 0 Å². The number of rotatable bonds is 5. The topological polar surface area (TPSA) is 58.6 Å². The Morgan fingerprint density at radius 3 is 2.53 bits per heavy atom. The number of nitrogens with one attached hydrogen (secondary N) is 1. The van der Waals surface area contributed by atoms with Crippen LogP contribution in [0.5, 0.6) is 0 Å². The lowest BCUT2D eigenvalue weighted by molar-refractivity contribution is 0.119. The van der Waals surface area contributed by atoms with Crippen LogP contribution in [0.4, 0.5) is 13.6 Å². The van der Waals surface area contributed by atoms with Gasteiger partial charge in [0.05, 0.1) is 6.61 Å². The molecule has 0 saturated carbocycles. The third-order valence-electron chi connectivity index (χ3n) is 1.93. The number of ether oxygens (including phenoxy) is 1. The van der Waals surface area contributed by atoms with E-state index in [1.807, 2.05) is 0 Å². The zero-order valence-corrected chi connectivity index (χ0v) is 9.08. The fourth-order valence-electron chi connectivity index (χ4n) is 1.25. The molecule has 4 nitrogen and oxygen atoms in total. The van der Waals surface area contributed by atoms with Crippen LogP contribution in [0.1, 0.15) is 5.56 Å². The van der Waals surface area contributed by atoms with Crippen LogP contribution < -0.4 is 5.32 Å². The van der Waals surface area contributed by atoms with Gasteiger partial charge in [0.1, 0.15) is 18.2 Å². The number of alkyl carbamates (subject to hydrolysis) is 1. The summed E-state index contributed by atoms with van der Waals surface area (Å²) < 4.78 is 30.1. The maximum absolute atomic E-state index is 12.8. The molecule has 1 rings (SSSR count). The summed E-state index contributed by atoms with van der Waals surface area (Å²) in [6.45, 7) is -0.129. The highest BCUT2D eigenvalue weighted by molar-refractivity contribution is 5.67. The van der Waals surface area contributed by atoms with Crippen LogP contribution >= 0.6 is 0 Å². The van der Waals surface area contributed by atoms with Gasteiger partial charge >= 0.3 is 6.09 Å². The van der Waals surface area contributed by atoms with Crippen LogP contribution in [-0.2, 0) is 11.2 Å². The molecule has 0 radical (unpaired) electrons. The van der Waals surface area contributed by atoms with Gasteiger partial charge in [0.15, 0.2) is 0 Å². The lowest BCUT2D eigenvalue weighted by Crippen LogP contribution is -2.27. The molecule has 0 unspecified atom stereocenters. The smallest absolute Gasteiger partial charge is 0.407 e. The molecule has 1 aromatic carbocycles. The molecule has 0 bridgehead atoms. The molecule has 0 atom stereocenters. The van der Waals surface area contributed by atoms with Gasteiger partial charge in [-0.2, -0.15) is 0 Å². The average Bonchev–Trinajstić information content (AvgIpc) is 2.25. The van der Waals surface area contributed by atoms with Crippen molar-refractivity contribution in [1.29, 1.82) is 0 Å². The standard InChI is InChI=1S/C11H13F2NO3/c12-9-5-8(6-10(13)7-9)1-2-14-11(16)17-4-3-15/h5-7,15H,1-4H2,(H,14,16). The van der Waals surface area contributed by atoms with Gasteiger partial charge < -0.3 is 15.2 Å². The number of carbonyl (C=O) groups excluding carboxylic acids is 1. The van der Waals surface area contributed by atoms with Crippen LogP contribution in [0.3, 0.4) is 0 Å². The van der Waals surface area contributed by atoms with Crippen LogP contribution in [0.2, 0.25) is 0 Å². The summed E-state index contributed by atoms with van der Waals surface area (Å²) >= 11 is 0. The zero-order valence-electron chi connectivity index (χ0n) is 9.08. The molecule has 6 heteroatoms. The van der Waals surface area contributed by atoms with E-state index in [0.29, 0.717) is 12.0 Å². The second kappa shape index (κ2) is 6.80. The number of aliphatic hydroxyl groups is 1. The highest BCUT2D eigenvalue weighted by Crippen LogP contribution is 2.07. The van der Waals surface area contributed by atoms with Crippen LogP contribution in [-0.4, -0.2) is 31.0 Å². The molecule has 2 N–H and O–H groups in total. The van der Waals surface area contributed by atoms with Crippen molar-refractivity contribution in [3.63, 3.8) is 0 Å². The molecule has 0 aliphatic carbocycles. The minimum absolute atomic E-state index is 0.0829. The van der Waals surface area contributed by atoms with E-state index in [2.05, 4.69) is 10.1 Å². The number of carbonyl (C=O) groups is 1. The number of hydrogen-bond donors (Lipinski definition) is 2. The van der Waals surface area contributed by atoms with E-state index in [1.165, 1.54) is 12.1 Å². The molecule has 1 aromatic rings. The first-order chi connectivity index (χ1) is 8.11. The minimum Gasteiger partial charge on any atom is -0.447 e. The van der Waals surface area contributed by atoms with Crippen molar-refractivity contribution >= 4 is 6.09 Å². The number of aliphatic hydroxyl groups excluding tert-OH is 1. The lowest BCUT2D eigenvalue weighted by Gasteiger charge is -2.06. The first-order valence-electron chi connectivity index (χ1n) is 5.08. The molecule has 17 heavy (non-hydrogen) atoms. The Balaban J connectivity index is 2.33. The average molecular weight is 245 g/mol. The van der Waals surface area contributed by atoms with Gasteiger partial charge in [-0.25, -0.2) is 13.6 Å². The number of benzene rings is 1. The lowest BCUT2D eigenvalue weighted by atomic mass is 10.1. The summed E-state index contributed by atoms with van der Waals surface area (Å²) in [5.41, 5.74) is 0.449. The Morgan fingerprint density at radius 1 is 1.29 bits per heavy atom. The molecule has 0 saturated heterocycles. The van der Waals surface area contributed by atoms with E-state index in [-0.39, 0.29) is 19.8 Å². The second-order valence-electron chi connectivity index (χ2n) is 3.31. The van der Waals surface area contributed by atoms with E-state index in [0.717, 1.165) is 6.07 Å². The van der Waals surface area contributed by atoms with Gasteiger partial charge in [-0.1, -0.05) is 0 Å². The van der Waals surface area contributed by atoms with E-state index >= 15 is 0 Å². The normalized spacial score (nSPS) is 10.1. The Morgan fingerprint density at radius 2 is 1.94 bits per heavy atom. The van der Waals surface area contributed by atoms with Crippen LogP contribution in [0.15, 0.2) is 18.2 Å². The Labute approximate surface area is 97.2 Å². The van der Waals surface area contributed by atoms with E-state index in [4.69, 9.17) is 5.11 Å². The number of hydrogen-bond acceptors (Lipinski definition) is 3. The van der Waals surface area contributed by atoms with E-state index in [1.54, 1.807) is 0 Å². The van der Waals surface area contributed by atoms with E-state index in [9.17, 15) is 13.6 Å². The Kier molecular flexibility index (Phi) is 5.35. The number of amides is 1. The van der Waals surface area contributed by atoms with Gasteiger partial charge in [0, 0.05) is 12.6 Å². The van der Waals surface area contributed by atoms with Gasteiger partial charge in [-0.05, 0) is 24.1 Å². The van der Waals surface area contributed by atoms with Gasteiger partial charge in [-0.3, -0.25) is 0 Å². The third kappa shape index (κ3) is 5.26. The maximum Gasteiger partial charge on any atom is 0.407 e. The Bertz CT molecular complexity index is 365. The van der Waals surface area contributed by atoms with Crippen molar-refractivity contribution in [3.05, 3.63) is 35.4 Å². The predicted octanol–water partition coefficient (Wildman–Crippen LogP) is 1.23. The zero-order chi connectivity index (χ0) is 12.7. The number of halogens is 2. The summed E-state index contributed by atoms with van der Waals surface area (Å²) in [6.07, 6.45) is -0.376. The van der Waals surface area contributed by atoms with Crippen molar-refractivity contribution in [2.45, 2.75) is 6.42 Å². The second-order valence-corrected chi connectivity index (χ2v) is 3.31. The fourth-order valence-corrected chi connectivity index (χ4v) is 1.25. The minimum atomic E-state index is -0.670. The molecular weight excluding hydrogens is 232 g/mol. The maximum atomic E-state index is 12.8. The van der Waals surface area contributed by atoms with Gasteiger partial charge in [0.25, 0.3) is 0 Å².